The van der Waals surface area contributed by atoms with Crippen molar-refractivity contribution in [2.75, 3.05) is 6.61 Å². The van der Waals surface area contributed by atoms with Crippen LogP contribution in [0.25, 0.3) is 0 Å². The predicted molar refractivity (Wildman–Crippen MR) is 114 cm³/mol. The zero-order chi connectivity index (χ0) is 22.2. The molecule has 1 unspecified atom stereocenters. The molecule has 2 bridgehead atoms. The molecule has 0 radical (unpaired) electrons. The van der Waals surface area contributed by atoms with Gasteiger partial charge in [-0.2, -0.15) is 0 Å². The van der Waals surface area contributed by atoms with Crippen LogP contribution in [-0.2, 0) is 19.1 Å². The van der Waals surface area contributed by atoms with Gasteiger partial charge in [-0.15, -0.1) is 0 Å². The molecule has 0 aliphatic heterocycles. The molecule has 30 heavy (non-hydrogen) atoms. The topological polar surface area (TPSA) is 102 Å². The lowest BCUT2D eigenvalue weighted by molar-refractivity contribution is -0.152. The van der Waals surface area contributed by atoms with E-state index in [-0.39, 0.29) is 24.1 Å². The summed E-state index contributed by atoms with van der Waals surface area (Å²) in [6.07, 6.45) is -0.787. The van der Waals surface area contributed by atoms with Crippen LogP contribution in [0.3, 0.4) is 0 Å². The monoisotopic (exact) mass is 433 g/mol. The van der Waals surface area contributed by atoms with Crippen molar-refractivity contribution in [2.24, 2.45) is 5.92 Å². The predicted octanol–water partition coefficient (Wildman–Crippen LogP) is 3.55. The number of nitrogens with one attached hydrogen (secondary N) is 1. The molecule has 1 amide bonds. The maximum Gasteiger partial charge on any atom is 0.407 e. The van der Waals surface area contributed by atoms with E-state index in [9.17, 15) is 19.5 Å². The maximum atomic E-state index is 13.1. The Morgan fingerprint density at radius 1 is 1.23 bits per heavy atom. The lowest BCUT2D eigenvalue weighted by atomic mass is 9.58. The van der Waals surface area contributed by atoms with Crippen molar-refractivity contribution in [3.05, 3.63) is 29.3 Å². The van der Waals surface area contributed by atoms with Gasteiger partial charge in [0.1, 0.15) is 11.5 Å². The van der Waals surface area contributed by atoms with Crippen molar-refractivity contribution in [3.8, 4) is 5.75 Å². The summed E-state index contributed by atoms with van der Waals surface area (Å²) in [5.74, 6) is -2.20. The van der Waals surface area contributed by atoms with Gasteiger partial charge in [-0.1, -0.05) is 25.7 Å². The molecule has 1 fully saturated rings. The van der Waals surface area contributed by atoms with Gasteiger partial charge >= 0.3 is 12.1 Å². The summed E-state index contributed by atoms with van der Waals surface area (Å²) in [4.78, 5) is 38.3. The Balaban J connectivity index is 1.92. The third-order valence-electron chi connectivity index (χ3n) is 5.75. The van der Waals surface area contributed by atoms with Crippen LogP contribution < -0.4 is 5.32 Å². The molecule has 8 heteroatoms. The Labute approximate surface area is 178 Å². The number of esters is 1. The molecule has 0 heterocycles. The highest BCUT2D eigenvalue weighted by molar-refractivity contribution is 6.76. The van der Waals surface area contributed by atoms with Crippen molar-refractivity contribution < 1.29 is 29.0 Å². The van der Waals surface area contributed by atoms with Crippen LogP contribution in [0.4, 0.5) is 4.79 Å². The van der Waals surface area contributed by atoms with Gasteiger partial charge in [0.25, 0.3) is 0 Å². The lowest BCUT2D eigenvalue weighted by Crippen LogP contribution is -2.58. The number of Topliss-reactive ketones (excluding diaryl/α,β-unsaturated/α-hetero) is 1. The van der Waals surface area contributed by atoms with E-state index in [4.69, 9.17) is 9.47 Å². The molecule has 3 aliphatic rings. The van der Waals surface area contributed by atoms with E-state index in [0.29, 0.717) is 12.2 Å². The van der Waals surface area contributed by atoms with E-state index in [2.05, 4.69) is 25.0 Å². The zero-order valence-electron chi connectivity index (χ0n) is 18.2. The van der Waals surface area contributed by atoms with Gasteiger partial charge in [0, 0.05) is 20.4 Å². The highest BCUT2D eigenvalue weighted by Gasteiger charge is 2.55. The number of fused-ring (bicyclic) bond motifs is 2. The van der Waals surface area contributed by atoms with Gasteiger partial charge in [0.05, 0.1) is 30.6 Å². The first-order valence-corrected chi connectivity index (χ1v) is 14.2. The fourth-order valence-corrected chi connectivity index (χ4v) is 5.10. The summed E-state index contributed by atoms with van der Waals surface area (Å²) in [6, 6.07) is 4.96. The number of aromatic hydroxyl groups is 1. The Hall–Kier alpha value is -2.35. The fourth-order valence-electron chi connectivity index (χ4n) is 4.39. The molecule has 2 N–H and O–H groups in total. The second-order valence-electron chi connectivity index (χ2n) is 9.70. The molecule has 0 saturated heterocycles. The number of amides is 1. The molecule has 0 spiro atoms. The Morgan fingerprint density at radius 2 is 1.93 bits per heavy atom. The van der Waals surface area contributed by atoms with Crippen LogP contribution in [-0.4, -0.2) is 49.8 Å². The minimum atomic E-state index is -1.38. The number of ketones is 1. The normalized spacial score (nSPS) is 25.1. The minimum absolute atomic E-state index is 0.0480. The molecule has 4 rings (SSSR count). The van der Waals surface area contributed by atoms with Crippen LogP contribution in [0.2, 0.25) is 25.7 Å². The quantitative estimate of drug-likeness (QED) is 0.525. The molecule has 4 atom stereocenters. The van der Waals surface area contributed by atoms with Crippen LogP contribution in [0.5, 0.6) is 5.75 Å². The number of phenols is 1. The van der Waals surface area contributed by atoms with Crippen molar-refractivity contribution in [1.82, 2.24) is 5.32 Å². The molecule has 1 aromatic carbocycles. The number of rotatable bonds is 6. The summed E-state index contributed by atoms with van der Waals surface area (Å²) in [5.41, 5.74) is 1.53. The largest absolute Gasteiger partial charge is 0.508 e. The first kappa shape index (κ1) is 22.3. The average Bonchev–Trinajstić information content (AvgIpc) is 2.59. The number of ether oxygens (including phenoxy) is 2. The number of alkyl carbamates (subject to hydrolysis) is 1. The van der Waals surface area contributed by atoms with Crippen molar-refractivity contribution in [2.45, 2.75) is 69.9 Å². The minimum Gasteiger partial charge on any atom is -0.508 e. The maximum absolute atomic E-state index is 13.1. The van der Waals surface area contributed by atoms with E-state index in [1.807, 2.05) is 0 Å². The third-order valence-corrected chi connectivity index (χ3v) is 7.45. The van der Waals surface area contributed by atoms with Crippen molar-refractivity contribution in [1.29, 1.82) is 0 Å². The summed E-state index contributed by atoms with van der Waals surface area (Å²) in [6.45, 7) is 10.4. The number of phenolic OH excluding ortho intramolecular Hbond substituents is 1. The molecule has 1 aromatic rings. The van der Waals surface area contributed by atoms with E-state index >= 15 is 0 Å². The molecule has 0 aromatic heterocycles. The van der Waals surface area contributed by atoms with E-state index < -0.39 is 43.9 Å². The second kappa shape index (κ2) is 8.41. The fraction of sp³-hybridized carbons (Fsp3) is 0.591. The van der Waals surface area contributed by atoms with Crippen LogP contribution in [0.15, 0.2) is 18.2 Å². The third kappa shape index (κ3) is 4.69. The van der Waals surface area contributed by atoms with Gasteiger partial charge in [0.15, 0.2) is 0 Å². The first-order chi connectivity index (χ1) is 14.0. The number of hydrogen-bond acceptors (Lipinski definition) is 6. The lowest BCUT2D eigenvalue weighted by Gasteiger charge is -2.47. The number of hydrogen-bond donors (Lipinski definition) is 2. The summed E-state index contributed by atoms with van der Waals surface area (Å²) < 4.78 is 10.8. The molecule has 3 aliphatic carbocycles. The van der Waals surface area contributed by atoms with E-state index in [0.717, 1.165) is 11.6 Å². The summed E-state index contributed by atoms with van der Waals surface area (Å²) in [5, 5.41) is 12.7. The van der Waals surface area contributed by atoms with Crippen molar-refractivity contribution >= 4 is 25.9 Å². The smallest absolute Gasteiger partial charge is 0.407 e. The number of carbonyl (C=O) groups is 3. The Bertz CT molecular complexity index is 847. The van der Waals surface area contributed by atoms with Gasteiger partial charge in [-0.05, 0) is 43.2 Å². The van der Waals surface area contributed by atoms with Crippen LogP contribution >= 0.6 is 0 Å². The highest BCUT2D eigenvalue weighted by Crippen LogP contribution is 2.52. The van der Waals surface area contributed by atoms with Gasteiger partial charge in [-0.3, -0.25) is 9.59 Å². The SMILES string of the molecule is CC(C)OC(=O)N[C@H]1[C@H](C(=O)OCC[Si](C)(C)C)C2CC(=O)[C@H]1c1cc(O)ccc12. The standard InChI is InChI=1S/C22H31NO6Si/c1-12(2)29-22(27)23-20-18-15-10-13(24)6-7-14(15)16(11-17(18)25)19(20)21(26)28-8-9-30(3,4)5/h6-7,10,12,16,18-20,24H,8-9,11H2,1-5H3,(H,23,27)/t16?,18-,19-,20-/m1/s1. The highest BCUT2D eigenvalue weighted by atomic mass is 28.3. The Morgan fingerprint density at radius 3 is 2.57 bits per heavy atom. The number of carbonyl (C=O) groups excluding carboxylic acids is 3. The number of benzene rings is 1. The summed E-state index contributed by atoms with van der Waals surface area (Å²) in [7, 11) is -1.38. The zero-order valence-corrected chi connectivity index (χ0v) is 19.2. The van der Waals surface area contributed by atoms with Crippen molar-refractivity contribution in [3.63, 3.8) is 0 Å². The van der Waals surface area contributed by atoms with E-state index in [1.54, 1.807) is 32.0 Å². The molecule has 7 nitrogen and oxygen atoms in total. The van der Waals surface area contributed by atoms with Crippen LogP contribution in [0, 0.1) is 5.92 Å². The molecule has 1 saturated carbocycles. The second-order valence-corrected chi connectivity index (χ2v) is 15.3. The Kier molecular flexibility index (Phi) is 6.26. The van der Waals surface area contributed by atoms with Gasteiger partial charge < -0.3 is 19.9 Å². The van der Waals surface area contributed by atoms with Crippen LogP contribution in [0.1, 0.15) is 43.2 Å². The summed E-state index contributed by atoms with van der Waals surface area (Å²) >= 11 is 0. The van der Waals surface area contributed by atoms with E-state index in [1.165, 1.54) is 0 Å². The van der Waals surface area contributed by atoms with Gasteiger partial charge in [-0.25, -0.2) is 4.79 Å². The molecular formula is C22H31NO6Si. The molecule has 164 valence electrons. The average molecular weight is 434 g/mol. The molecular weight excluding hydrogens is 402 g/mol. The van der Waals surface area contributed by atoms with Gasteiger partial charge in [0.2, 0.25) is 0 Å². The first-order valence-electron chi connectivity index (χ1n) is 10.5.